The second kappa shape index (κ2) is 2.92. The molecule has 0 N–H and O–H groups in total. The van der Waals surface area contributed by atoms with Gasteiger partial charge >= 0.3 is 0 Å². The Bertz CT molecular complexity index is 154. The number of ketones is 2. The molecular weight excluding hydrogens is 106 g/mol. The number of hydrogen-bond donors (Lipinski definition) is 0. The van der Waals surface area contributed by atoms with Gasteiger partial charge in [-0.3, -0.25) is 9.59 Å². The average Bonchev–Trinajstić information content (AvgIpc) is 1.84. The molecular formula is C5H5NO2. The van der Waals surface area contributed by atoms with Gasteiger partial charge in [0.05, 0.1) is 0 Å². The van der Waals surface area contributed by atoms with Gasteiger partial charge in [0, 0.05) is 6.42 Å². The zero-order valence-corrected chi connectivity index (χ0v) is 4.47. The summed E-state index contributed by atoms with van der Waals surface area (Å²) in [6.07, 6.45) is 0.117. The SMILES string of the molecule is CCC(=O)C(=O)C#N. The lowest BCUT2D eigenvalue weighted by Crippen LogP contribution is -2.08. The molecule has 0 spiro atoms. The molecule has 0 rings (SSSR count). The Hall–Kier alpha value is -1.17. The highest BCUT2D eigenvalue weighted by Crippen LogP contribution is 1.79. The Morgan fingerprint density at radius 2 is 2.12 bits per heavy atom. The summed E-state index contributed by atoms with van der Waals surface area (Å²) in [6.45, 7) is 1.54. The van der Waals surface area contributed by atoms with E-state index in [1.807, 2.05) is 0 Å². The van der Waals surface area contributed by atoms with E-state index in [9.17, 15) is 9.59 Å². The fourth-order valence-corrected chi connectivity index (χ4v) is 0.223. The fraction of sp³-hybridized carbons (Fsp3) is 0.400. The molecule has 0 aliphatic carbocycles. The van der Waals surface area contributed by atoms with Gasteiger partial charge in [0.2, 0.25) is 5.78 Å². The van der Waals surface area contributed by atoms with Crippen LogP contribution in [0.4, 0.5) is 0 Å². The van der Waals surface area contributed by atoms with E-state index < -0.39 is 11.6 Å². The summed E-state index contributed by atoms with van der Waals surface area (Å²) in [6, 6.07) is 1.23. The van der Waals surface area contributed by atoms with E-state index in [0.29, 0.717) is 0 Å². The van der Waals surface area contributed by atoms with Crippen LogP contribution in [0.3, 0.4) is 0 Å². The summed E-state index contributed by atoms with van der Waals surface area (Å²) in [7, 11) is 0. The highest BCUT2D eigenvalue weighted by Gasteiger charge is 2.07. The Balaban J connectivity index is 3.89. The number of carbonyl (C=O) groups excluding carboxylic acids is 2. The third-order valence-corrected chi connectivity index (χ3v) is 0.676. The second-order valence-electron chi connectivity index (χ2n) is 1.22. The lowest BCUT2D eigenvalue weighted by molar-refractivity contribution is -0.133. The standard InChI is InChI=1S/C5H5NO2/c1-2-4(7)5(8)3-6/h2H2,1H3. The second-order valence-corrected chi connectivity index (χ2v) is 1.22. The molecule has 0 saturated heterocycles. The van der Waals surface area contributed by atoms with Crippen LogP contribution in [-0.4, -0.2) is 11.6 Å². The quantitative estimate of drug-likeness (QED) is 0.374. The molecule has 0 heterocycles. The van der Waals surface area contributed by atoms with E-state index in [1.54, 1.807) is 0 Å². The van der Waals surface area contributed by atoms with E-state index in [0.717, 1.165) is 0 Å². The van der Waals surface area contributed by atoms with E-state index in [2.05, 4.69) is 0 Å². The first-order valence-electron chi connectivity index (χ1n) is 2.19. The predicted molar refractivity (Wildman–Crippen MR) is 25.9 cm³/mol. The summed E-state index contributed by atoms with van der Waals surface area (Å²) in [5.74, 6) is -1.57. The molecule has 3 nitrogen and oxygen atoms in total. The van der Waals surface area contributed by atoms with Gasteiger partial charge in [-0.15, -0.1) is 0 Å². The van der Waals surface area contributed by atoms with E-state index in [4.69, 9.17) is 5.26 Å². The summed E-state index contributed by atoms with van der Waals surface area (Å²) in [5.41, 5.74) is 0. The number of carbonyl (C=O) groups is 2. The molecule has 0 atom stereocenters. The topological polar surface area (TPSA) is 57.9 Å². The number of nitrogens with zero attached hydrogens (tertiary/aromatic N) is 1. The Labute approximate surface area is 46.9 Å². The van der Waals surface area contributed by atoms with Gasteiger partial charge in [0.1, 0.15) is 6.07 Å². The largest absolute Gasteiger partial charge is 0.297 e. The summed E-state index contributed by atoms with van der Waals surface area (Å²) >= 11 is 0. The molecule has 42 valence electrons. The molecule has 0 aromatic carbocycles. The van der Waals surface area contributed by atoms with Crippen molar-refractivity contribution < 1.29 is 9.59 Å². The van der Waals surface area contributed by atoms with Crippen molar-refractivity contribution in [2.24, 2.45) is 0 Å². The minimum absolute atomic E-state index is 0.117. The smallest absolute Gasteiger partial charge is 0.290 e. The van der Waals surface area contributed by atoms with Gasteiger partial charge in [0.15, 0.2) is 0 Å². The molecule has 3 heteroatoms. The average molecular weight is 111 g/mol. The van der Waals surface area contributed by atoms with E-state index in [1.165, 1.54) is 13.0 Å². The van der Waals surface area contributed by atoms with Gasteiger partial charge < -0.3 is 0 Å². The summed E-state index contributed by atoms with van der Waals surface area (Å²) in [4.78, 5) is 20.2. The van der Waals surface area contributed by atoms with Crippen LogP contribution in [0, 0.1) is 11.3 Å². The van der Waals surface area contributed by atoms with Crippen molar-refractivity contribution in [1.82, 2.24) is 0 Å². The monoisotopic (exact) mass is 111 g/mol. The van der Waals surface area contributed by atoms with Crippen molar-refractivity contribution >= 4 is 11.6 Å². The summed E-state index contributed by atoms with van der Waals surface area (Å²) < 4.78 is 0. The highest BCUT2D eigenvalue weighted by atomic mass is 16.2. The Kier molecular flexibility index (Phi) is 2.49. The normalized spacial score (nSPS) is 7.50. The van der Waals surface area contributed by atoms with Crippen LogP contribution >= 0.6 is 0 Å². The molecule has 0 aromatic rings. The maximum absolute atomic E-state index is 10.2. The Morgan fingerprint density at radius 3 is 2.25 bits per heavy atom. The van der Waals surface area contributed by atoms with Crippen molar-refractivity contribution in [3.05, 3.63) is 0 Å². The highest BCUT2D eigenvalue weighted by molar-refractivity contribution is 6.43. The van der Waals surface area contributed by atoms with Crippen molar-refractivity contribution in [2.45, 2.75) is 13.3 Å². The van der Waals surface area contributed by atoms with Crippen molar-refractivity contribution in [3.8, 4) is 6.07 Å². The van der Waals surface area contributed by atoms with Crippen LogP contribution in [0.1, 0.15) is 13.3 Å². The first-order chi connectivity index (χ1) is 3.72. The molecule has 0 fully saturated rings. The van der Waals surface area contributed by atoms with Crippen molar-refractivity contribution in [1.29, 1.82) is 5.26 Å². The number of nitriles is 1. The molecule has 0 saturated carbocycles. The predicted octanol–water partition coefficient (Wildman–Crippen LogP) is 0.0582. The molecule has 0 amide bonds. The lowest BCUT2D eigenvalue weighted by atomic mass is 10.2. The van der Waals surface area contributed by atoms with E-state index in [-0.39, 0.29) is 6.42 Å². The first-order valence-corrected chi connectivity index (χ1v) is 2.19. The molecule has 8 heavy (non-hydrogen) atoms. The van der Waals surface area contributed by atoms with Crippen LogP contribution in [0.15, 0.2) is 0 Å². The van der Waals surface area contributed by atoms with Gasteiger partial charge in [-0.25, -0.2) is 0 Å². The third kappa shape index (κ3) is 1.52. The number of Topliss-reactive ketones (excluding diaryl/α,β-unsaturated/α-hetero) is 2. The third-order valence-electron chi connectivity index (χ3n) is 0.676. The maximum atomic E-state index is 10.2. The fourth-order valence-electron chi connectivity index (χ4n) is 0.223. The molecule has 0 unspecified atom stereocenters. The lowest BCUT2D eigenvalue weighted by Gasteiger charge is -1.79. The van der Waals surface area contributed by atoms with Gasteiger partial charge in [-0.05, 0) is 0 Å². The van der Waals surface area contributed by atoms with Crippen molar-refractivity contribution in [3.63, 3.8) is 0 Å². The van der Waals surface area contributed by atoms with Crippen LogP contribution in [0.5, 0.6) is 0 Å². The zero-order chi connectivity index (χ0) is 6.57. The maximum Gasteiger partial charge on any atom is 0.297 e. The molecule has 0 bridgehead atoms. The van der Waals surface area contributed by atoms with Crippen molar-refractivity contribution in [2.75, 3.05) is 0 Å². The molecule has 0 aromatic heterocycles. The molecule has 0 radical (unpaired) electrons. The molecule has 0 aliphatic rings. The van der Waals surface area contributed by atoms with Gasteiger partial charge in [0.25, 0.3) is 5.78 Å². The Morgan fingerprint density at radius 1 is 1.62 bits per heavy atom. The summed E-state index contributed by atoms with van der Waals surface area (Å²) in [5, 5.41) is 7.82. The van der Waals surface area contributed by atoms with Crippen LogP contribution in [-0.2, 0) is 9.59 Å². The van der Waals surface area contributed by atoms with Gasteiger partial charge in [-0.1, -0.05) is 6.92 Å². The minimum Gasteiger partial charge on any atom is -0.290 e. The number of rotatable bonds is 2. The van der Waals surface area contributed by atoms with E-state index >= 15 is 0 Å². The van der Waals surface area contributed by atoms with Crippen LogP contribution in [0.25, 0.3) is 0 Å². The van der Waals surface area contributed by atoms with Crippen LogP contribution in [0.2, 0.25) is 0 Å². The molecule has 0 aliphatic heterocycles. The number of hydrogen-bond acceptors (Lipinski definition) is 3. The van der Waals surface area contributed by atoms with Crippen LogP contribution < -0.4 is 0 Å². The van der Waals surface area contributed by atoms with Gasteiger partial charge in [-0.2, -0.15) is 5.26 Å². The zero-order valence-electron chi connectivity index (χ0n) is 4.47. The minimum atomic E-state index is -0.951. The first kappa shape index (κ1) is 6.83.